The zero-order valence-corrected chi connectivity index (χ0v) is 19.6. The standard InChI is InChI=1S/C25H29N8O/c1-17(34)31-11-7-23-21(16-31)25(29-33(23)20-5-8-26-9-6-20)32-10-3-4-18-12-22(27-14-24(18)32)19-13-28-30(2)15-19/h3-4,10,12-15,20,26H,5-9,11,16H2,1-2H3/q+1. The zero-order valence-electron chi connectivity index (χ0n) is 19.6. The summed E-state index contributed by atoms with van der Waals surface area (Å²) < 4.78 is 6.18. The van der Waals surface area contributed by atoms with Crippen LogP contribution in [0.3, 0.4) is 0 Å². The Balaban J connectivity index is 1.49. The van der Waals surface area contributed by atoms with Crippen LogP contribution in [0, 0.1) is 0 Å². The molecule has 0 radical (unpaired) electrons. The normalized spacial score (nSPS) is 16.7. The van der Waals surface area contributed by atoms with Crippen molar-refractivity contribution in [2.24, 2.45) is 7.05 Å². The SMILES string of the molecule is CC(=O)N1CCc2c(c(-[n+]3cccc4cc(-c5cnn(C)c5)ncc43)nn2C2CCNCC2)C1. The second kappa shape index (κ2) is 8.32. The molecule has 1 amide bonds. The summed E-state index contributed by atoms with van der Waals surface area (Å²) >= 11 is 0. The molecular formula is C25H29N8O+. The van der Waals surface area contributed by atoms with Crippen LogP contribution in [0.2, 0.25) is 0 Å². The number of hydrogen-bond acceptors (Lipinski definition) is 5. The van der Waals surface area contributed by atoms with Crippen molar-refractivity contribution >= 4 is 16.8 Å². The highest BCUT2D eigenvalue weighted by Crippen LogP contribution is 2.29. The van der Waals surface area contributed by atoms with Gasteiger partial charge in [-0.3, -0.25) is 14.5 Å². The Morgan fingerprint density at radius 2 is 2.09 bits per heavy atom. The minimum atomic E-state index is 0.108. The lowest BCUT2D eigenvalue weighted by molar-refractivity contribution is -0.572. The molecule has 6 rings (SSSR count). The number of aromatic nitrogens is 6. The lowest BCUT2D eigenvalue weighted by Crippen LogP contribution is -2.38. The molecule has 0 bridgehead atoms. The molecular weight excluding hydrogens is 428 g/mol. The molecule has 9 heteroatoms. The molecule has 174 valence electrons. The molecule has 9 nitrogen and oxygen atoms in total. The van der Waals surface area contributed by atoms with E-state index in [1.807, 2.05) is 30.5 Å². The van der Waals surface area contributed by atoms with Crippen molar-refractivity contribution in [3.63, 3.8) is 0 Å². The van der Waals surface area contributed by atoms with Gasteiger partial charge in [-0.2, -0.15) is 14.3 Å². The van der Waals surface area contributed by atoms with Gasteiger partial charge in [-0.25, -0.2) is 0 Å². The van der Waals surface area contributed by atoms with Crippen molar-refractivity contribution in [1.29, 1.82) is 0 Å². The second-order valence-electron chi connectivity index (χ2n) is 9.27. The molecule has 1 saturated heterocycles. The van der Waals surface area contributed by atoms with Crippen molar-refractivity contribution in [3.05, 3.63) is 54.2 Å². The van der Waals surface area contributed by atoms with Crippen LogP contribution in [0.1, 0.15) is 37.1 Å². The van der Waals surface area contributed by atoms with E-state index in [4.69, 9.17) is 10.1 Å². The monoisotopic (exact) mass is 457 g/mol. The van der Waals surface area contributed by atoms with Gasteiger partial charge in [-0.1, -0.05) is 0 Å². The Morgan fingerprint density at radius 1 is 1.24 bits per heavy atom. The van der Waals surface area contributed by atoms with Crippen molar-refractivity contribution < 1.29 is 9.36 Å². The van der Waals surface area contributed by atoms with Gasteiger partial charge >= 0.3 is 5.82 Å². The Labute approximate surface area is 198 Å². The maximum absolute atomic E-state index is 12.2. The number of nitrogens with one attached hydrogen (secondary N) is 1. The van der Waals surface area contributed by atoms with E-state index in [2.05, 4.69) is 44.1 Å². The molecule has 4 aromatic heterocycles. The first-order chi connectivity index (χ1) is 16.6. The number of pyridine rings is 2. The van der Waals surface area contributed by atoms with Crippen LogP contribution < -0.4 is 9.88 Å². The number of hydrogen-bond donors (Lipinski definition) is 1. The molecule has 0 aromatic carbocycles. The van der Waals surface area contributed by atoms with Gasteiger partial charge in [0.25, 0.3) is 0 Å². The van der Waals surface area contributed by atoms with Gasteiger partial charge in [0.05, 0.1) is 53.2 Å². The Morgan fingerprint density at radius 3 is 2.85 bits per heavy atom. The molecule has 0 unspecified atom stereocenters. The van der Waals surface area contributed by atoms with Crippen molar-refractivity contribution in [2.75, 3.05) is 19.6 Å². The fourth-order valence-corrected chi connectivity index (χ4v) is 5.25. The van der Waals surface area contributed by atoms with Gasteiger partial charge in [0.2, 0.25) is 5.91 Å². The number of carbonyl (C=O) groups is 1. The smallest absolute Gasteiger partial charge is 0.338 e. The summed E-state index contributed by atoms with van der Waals surface area (Å²) in [5.74, 6) is 1.01. The topological polar surface area (TPSA) is 84.8 Å². The lowest BCUT2D eigenvalue weighted by Gasteiger charge is -2.27. The zero-order chi connectivity index (χ0) is 23.2. The number of piperidine rings is 1. The molecule has 34 heavy (non-hydrogen) atoms. The maximum Gasteiger partial charge on any atom is 0.360 e. The van der Waals surface area contributed by atoms with Gasteiger partial charge in [-0.05, 0) is 44.1 Å². The first kappa shape index (κ1) is 21.0. The van der Waals surface area contributed by atoms with E-state index in [9.17, 15) is 4.79 Å². The molecule has 2 aliphatic heterocycles. The van der Waals surface area contributed by atoms with E-state index < -0.39 is 0 Å². The number of amides is 1. The van der Waals surface area contributed by atoms with Crippen LogP contribution in [0.4, 0.5) is 0 Å². The van der Waals surface area contributed by atoms with Crippen LogP contribution in [0.25, 0.3) is 28.0 Å². The van der Waals surface area contributed by atoms with E-state index >= 15 is 0 Å². The summed E-state index contributed by atoms with van der Waals surface area (Å²) in [4.78, 5) is 18.9. The third-order valence-electron chi connectivity index (χ3n) is 7.08. The lowest BCUT2D eigenvalue weighted by atomic mass is 10.0. The summed E-state index contributed by atoms with van der Waals surface area (Å²) in [5.41, 5.74) is 5.29. The molecule has 0 aliphatic carbocycles. The molecule has 4 aromatic rings. The van der Waals surface area contributed by atoms with Gasteiger partial charge in [0.1, 0.15) is 0 Å². The highest BCUT2D eigenvalue weighted by Gasteiger charge is 2.36. The second-order valence-corrected chi connectivity index (χ2v) is 9.27. The molecule has 0 atom stereocenters. The summed E-state index contributed by atoms with van der Waals surface area (Å²) in [5, 5.41) is 14.0. The summed E-state index contributed by atoms with van der Waals surface area (Å²) in [7, 11) is 1.91. The van der Waals surface area contributed by atoms with E-state index in [1.165, 1.54) is 5.69 Å². The average Bonchev–Trinajstić information content (AvgIpc) is 3.47. The van der Waals surface area contributed by atoms with Crippen LogP contribution in [-0.2, 0) is 24.8 Å². The fourth-order valence-electron chi connectivity index (χ4n) is 5.25. The quantitative estimate of drug-likeness (QED) is 0.476. The number of carbonyl (C=O) groups excluding carboxylic acids is 1. The van der Waals surface area contributed by atoms with Gasteiger partial charge < -0.3 is 10.2 Å². The Hall–Kier alpha value is -3.59. The van der Waals surface area contributed by atoms with Crippen LogP contribution in [0.15, 0.2) is 43.0 Å². The third-order valence-corrected chi connectivity index (χ3v) is 7.08. The van der Waals surface area contributed by atoms with Gasteiger partial charge in [0, 0.05) is 44.1 Å². The Kier molecular flexibility index (Phi) is 5.13. The van der Waals surface area contributed by atoms with Crippen molar-refractivity contribution in [3.8, 4) is 17.1 Å². The maximum atomic E-state index is 12.2. The van der Waals surface area contributed by atoms with Gasteiger partial charge in [0.15, 0.2) is 5.52 Å². The van der Waals surface area contributed by atoms with E-state index in [0.29, 0.717) is 12.6 Å². The minimum absolute atomic E-state index is 0.108. The van der Waals surface area contributed by atoms with E-state index in [1.54, 1.807) is 11.6 Å². The molecule has 1 fully saturated rings. The summed E-state index contributed by atoms with van der Waals surface area (Å²) in [6.45, 7) is 5.01. The molecule has 1 N–H and O–H groups in total. The molecule has 2 aliphatic rings. The fraction of sp³-hybridized carbons (Fsp3) is 0.400. The predicted octanol–water partition coefficient (Wildman–Crippen LogP) is 1.94. The molecule has 6 heterocycles. The largest absolute Gasteiger partial charge is 0.360 e. The highest BCUT2D eigenvalue weighted by atomic mass is 16.2. The van der Waals surface area contributed by atoms with Gasteiger partial charge in [-0.15, -0.1) is 0 Å². The summed E-state index contributed by atoms with van der Waals surface area (Å²) in [6, 6.07) is 6.64. The number of nitrogens with zero attached hydrogens (tertiary/aromatic N) is 7. The van der Waals surface area contributed by atoms with Crippen LogP contribution >= 0.6 is 0 Å². The van der Waals surface area contributed by atoms with E-state index in [-0.39, 0.29) is 5.91 Å². The van der Waals surface area contributed by atoms with Crippen molar-refractivity contribution in [2.45, 2.75) is 38.8 Å². The number of aryl methyl sites for hydroxylation is 1. The number of rotatable bonds is 3. The van der Waals surface area contributed by atoms with Crippen LogP contribution in [-0.4, -0.2) is 55.0 Å². The number of fused-ring (bicyclic) bond motifs is 2. The third kappa shape index (κ3) is 3.56. The Bertz CT molecular complexity index is 1380. The highest BCUT2D eigenvalue weighted by molar-refractivity contribution is 5.80. The molecule has 0 saturated carbocycles. The average molecular weight is 458 g/mol. The minimum Gasteiger partial charge on any atom is -0.338 e. The van der Waals surface area contributed by atoms with Crippen molar-refractivity contribution in [1.82, 2.24) is 34.8 Å². The van der Waals surface area contributed by atoms with E-state index in [0.717, 1.165) is 72.4 Å². The van der Waals surface area contributed by atoms with Crippen LogP contribution in [0.5, 0.6) is 0 Å². The molecule has 0 spiro atoms. The summed E-state index contributed by atoms with van der Waals surface area (Å²) in [6.07, 6.45) is 10.7. The predicted molar refractivity (Wildman–Crippen MR) is 127 cm³/mol. The first-order valence-electron chi connectivity index (χ1n) is 11.9. The first-order valence-corrected chi connectivity index (χ1v) is 11.9.